The van der Waals surface area contributed by atoms with E-state index in [4.69, 9.17) is 23.2 Å². The van der Waals surface area contributed by atoms with E-state index in [0.717, 1.165) is 11.1 Å². The van der Waals surface area contributed by atoms with E-state index >= 15 is 0 Å². The molecule has 0 saturated carbocycles. The maximum Gasteiger partial charge on any atom is 0.240 e. The molecular weight excluding hydrogens is 423 g/mol. The van der Waals surface area contributed by atoms with Crippen molar-refractivity contribution in [3.8, 4) is 0 Å². The summed E-state index contributed by atoms with van der Waals surface area (Å²) >= 11 is 12.0. The van der Waals surface area contributed by atoms with Crippen LogP contribution in [0.2, 0.25) is 10.0 Å². The summed E-state index contributed by atoms with van der Waals surface area (Å²) in [6, 6.07) is 14.5. The van der Waals surface area contributed by atoms with Gasteiger partial charge in [0, 0.05) is 22.9 Å². The number of carbonyl (C=O) groups is 2. The first-order chi connectivity index (χ1) is 14.4. The van der Waals surface area contributed by atoms with Crippen LogP contribution in [0.3, 0.4) is 0 Å². The average molecular weight is 447 g/mol. The van der Waals surface area contributed by atoms with Crippen LogP contribution in [0.4, 0.5) is 0 Å². The van der Waals surface area contributed by atoms with E-state index in [-0.39, 0.29) is 24.7 Å². The fraction of sp³-hybridized carbons (Fsp3) is 0.273. The molecule has 0 atom stereocenters. The molecule has 2 N–H and O–H groups in total. The molecule has 8 heteroatoms. The third-order valence-corrected chi connectivity index (χ3v) is 4.67. The lowest BCUT2D eigenvalue weighted by atomic mass is 10.1. The second-order valence-electron chi connectivity index (χ2n) is 6.41. The zero-order valence-corrected chi connectivity index (χ0v) is 18.4. The van der Waals surface area contributed by atoms with Crippen LogP contribution < -0.4 is 10.9 Å². The van der Waals surface area contributed by atoms with E-state index in [1.54, 1.807) is 24.3 Å². The van der Waals surface area contributed by atoms with Gasteiger partial charge >= 0.3 is 0 Å². The normalized spacial score (nSPS) is 11.9. The summed E-state index contributed by atoms with van der Waals surface area (Å²) in [5.74, 6) is -0.708. The molecule has 0 fully saturated rings. The Bertz CT molecular complexity index is 880. The van der Waals surface area contributed by atoms with Gasteiger partial charge < -0.3 is 0 Å². The van der Waals surface area contributed by atoms with Crippen molar-refractivity contribution in [2.75, 3.05) is 0 Å². The van der Waals surface area contributed by atoms with Crippen LogP contribution >= 0.6 is 23.2 Å². The summed E-state index contributed by atoms with van der Waals surface area (Å²) in [6.45, 7) is 3.87. The number of hydrogen-bond acceptors (Lipinski definition) is 4. The van der Waals surface area contributed by atoms with Crippen molar-refractivity contribution >= 4 is 46.4 Å². The molecule has 2 amide bonds. The van der Waals surface area contributed by atoms with E-state index in [1.165, 1.54) is 0 Å². The van der Waals surface area contributed by atoms with Gasteiger partial charge in [0.05, 0.1) is 11.4 Å². The summed E-state index contributed by atoms with van der Waals surface area (Å²) in [5, 5.41) is 9.50. The number of hydrazone groups is 2. The van der Waals surface area contributed by atoms with Gasteiger partial charge in [-0.2, -0.15) is 10.2 Å². The monoisotopic (exact) mass is 446 g/mol. The van der Waals surface area contributed by atoms with Gasteiger partial charge in [-0.3, -0.25) is 9.59 Å². The highest BCUT2D eigenvalue weighted by atomic mass is 35.5. The van der Waals surface area contributed by atoms with Crippen LogP contribution in [0, 0.1) is 0 Å². The Morgan fingerprint density at radius 3 is 1.50 bits per heavy atom. The second-order valence-corrected chi connectivity index (χ2v) is 7.29. The van der Waals surface area contributed by atoms with E-state index in [2.05, 4.69) is 21.1 Å². The molecule has 0 bridgehead atoms. The molecule has 2 rings (SSSR count). The largest absolute Gasteiger partial charge is 0.273 e. The second kappa shape index (κ2) is 12.1. The Labute approximate surface area is 186 Å². The van der Waals surface area contributed by atoms with Crippen LogP contribution in [0.1, 0.15) is 50.7 Å². The van der Waals surface area contributed by atoms with E-state index in [9.17, 15) is 9.59 Å². The predicted octanol–water partition coefficient (Wildman–Crippen LogP) is 4.93. The van der Waals surface area contributed by atoms with Crippen LogP contribution in [0.25, 0.3) is 0 Å². The Hall–Kier alpha value is -2.70. The molecule has 0 saturated heterocycles. The Kier molecular flexibility index (Phi) is 9.51. The number of nitrogens with zero attached hydrogens (tertiary/aromatic N) is 2. The van der Waals surface area contributed by atoms with Crippen molar-refractivity contribution in [3.63, 3.8) is 0 Å². The number of rotatable bonds is 9. The topological polar surface area (TPSA) is 82.9 Å². The molecule has 0 radical (unpaired) electrons. The number of amides is 2. The van der Waals surface area contributed by atoms with Crippen LogP contribution in [-0.2, 0) is 9.59 Å². The van der Waals surface area contributed by atoms with Gasteiger partial charge in [-0.15, -0.1) is 0 Å². The highest BCUT2D eigenvalue weighted by molar-refractivity contribution is 6.31. The Balaban J connectivity index is 1.87. The summed E-state index contributed by atoms with van der Waals surface area (Å²) in [4.78, 5) is 24.1. The number of nitrogens with one attached hydrogen (secondary N) is 2. The van der Waals surface area contributed by atoms with Gasteiger partial charge in [0.2, 0.25) is 11.8 Å². The number of benzene rings is 2. The minimum atomic E-state index is -0.354. The van der Waals surface area contributed by atoms with Crippen molar-refractivity contribution in [2.45, 2.75) is 39.5 Å². The van der Waals surface area contributed by atoms with E-state index in [1.807, 2.05) is 38.1 Å². The molecule has 0 unspecified atom stereocenters. The third kappa shape index (κ3) is 7.61. The molecule has 2 aromatic rings. The number of hydrogen-bond donors (Lipinski definition) is 2. The molecule has 0 aliphatic rings. The SMILES string of the molecule is CC/C(=N\NC(=O)CCC(=O)N/N=C(\CC)c1cccc(Cl)c1)c1cccc(Cl)c1. The first kappa shape index (κ1) is 23.6. The highest BCUT2D eigenvalue weighted by Crippen LogP contribution is 2.13. The highest BCUT2D eigenvalue weighted by Gasteiger charge is 2.09. The zero-order valence-electron chi connectivity index (χ0n) is 16.9. The zero-order chi connectivity index (χ0) is 21.9. The summed E-state index contributed by atoms with van der Waals surface area (Å²) < 4.78 is 0. The third-order valence-electron chi connectivity index (χ3n) is 4.20. The van der Waals surface area contributed by atoms with Gasteiger partial charge in [0.15, 0.2) is 0 Å². The molecule has 0 spiro atoms. The van der Waals surface area contributed by atoms with E-state index < -0.39 is 0 Å². The van der Waals surface area contributed by atoms with E-state index in [0.29, 0.717) is 34.3 Å². The molecule has 0 aromatic heterocycles. The smallest absolute Gasteiger partial charge is 0.240 e. The lowest BCUT2D eigenvalue weighted by molar-refractivity contribution is -0.126. The summed E-state index contributed by atoms with van der Waals surface area (Å²) in [5.41, 5.74) is 8.06. The minimum absolute atomic E-state index is 0.00395. The predicted molar refractivity (Wildman–Crippen MR) is 122 cm³/mol. The van der Waals surface area contributed by atoms with Crippen molar-refractivity contribution < 1.29 is 9.59 Å². The Morgan fingerprint density at radius 2 is 1.17 bits per heavy atom. The minimum Gasteiger partial charge on any atom is -0.273 e. The van der Waals surface area contributed by atoms with Gasteiger partial charge in [0.1, 0.15) is 0 Å². The van der Waals surface area contributed by atoms with Crippen molar-refractivity contribution in [1.29, 1.82) is 0 Å². The molecule has 30 heavy (non-hydrogen) atoms. The Morgan fingerprint density at radius 1 is 0.767 bits per heavy atom. The fourth-order valence-electron chi connectivity index (χ4n) is 2.63. The molecule has 2 aromatic carbocycles. The average Bonchev–Trinajstić information content (AvgIpc) is 2.73. The lowest BCUT2D eigenvalue weighted by Crippen LogP contribution is -2.24. The number of carbonyl (C=O) groups excluding carboxylic acids is 2. The summed E-state index contributed by atoms with van der Waals surface area (Å²) in [7, 11) is 0. The molecule has 0 aliphatic carbocycles. The fourth-order valence-corrected chi connectivity index (χ4v) is 3.01. The van der Waals surface area contributed by atoms with Crippen molar-refractivity contribution in [3.05, 3.63) is 69.7 Å². The molecule has 6 nitrogen and oxygen atoms in total. The maximum atomic E-state index is 12.0. The molecular formula is C22H24Cl2N4O2. The lowest BCUT2D eigenvalue weighted by Gasteiger charge is -2.07. The quantitative estimate of drug-likeness (QED) is 0.422. The molecule has 158 valence electrons. The van der Waals surface area contributed by atoms with Crippen LogP contribution in [0.15, 0.2) is 58.7 Å². The summed E-state index contributed by atoms with van der Waals surface area (Å²) in [6.07, 6.45) is 1.24. The maximum absolute atomic E-state index is 12.0. The van der Waals surface area contributed by atoms with Crippen LogP contribution in [-0.4, -0.2) is 23.2 Å². The van der Waals surface area contributed by atoms with Crippen molar-refractivity contribution in [2.24, 2.45) is 10.2 Å². The van der Waals surface area contributed by atoms with Crippen molar-refractivity contribution in [1.82, 2.24) is 10.9 Å². The van der Waals surface area contributed by atoms with Crippen LogP contribution in [0.5, 0.6) is 0 Å². The molecule has 0 heterocycles. The van der Waals surface area contributed by atoms with Gasteiger partial charge in [-0.1, -0.05) is 61.3 Å². The number of halogens is 2. The molecule has 0 aliphatic heterocycles. The van der Waals surface area contributed by atoms with Gasteiger partial charge in [-0.25, -0.2) is 10.9 Å². The first-order valence-corrected chi connectivity index (χ1v) is 10.4. The van der Waals surface area contributed by atoms with Gasteiger partial charge in [-0.05, 0) is 48.2 Å². The van der Waals surface area contributed by atoms with Gasteiger partial charge in [0.25, 0.3) is 0 Å². The first-order valence-electron chi connectivity index (χ1n) is 9.65. The standard InChI is InChI=1S/C22H24Cl2N4O2/c1-3-19(15-7-5-9-17(23)13-15)25-27-21(29)11-12-22(30)28-26-20(4-2)16-8-6-10-18(24)14-16/h5-10,13-14H,3-4,11-12H2,1-2H3,(H,27,29)(H,28,30)/b25-19+,26-20+.